The van der Waals surface area contributed by atoms with Gasteiger partial charge >= 0.3 is 12.0 Å². The van der Waals surface area contributed by atoms with Gasteiger partial charge in [0.1, 0.15) is 6.04 Å². The number of carbonyl (C=O) groups is 2. The normalized spacial score (nSPS) is 12.2. The van der Waals surface area contributed by atoms with Crippen LogP contribution in [-0.4, -0.2) is 39.6 Å². The van der Waals surface area contributed by atoms with Gasteiger partial charge in [-0.2, -0.15) is 0 Å². The molecular weight excluding hydrogens is 386 g/mol. The number of hydrogen-bond acceptors (Lipinski definition) is 4. The van der Waals surface area contributed by atoms with Crippen LogP contribution in [-0.2, 0) is 17.8 Å². The van der Waals surface area contributed by atoms with Crippen molar-refractivity contribution in [3.63, 3.8) is 0 Å². The number of carboxylic acids is 1. The monoisotopic (exact) mass is 417 g/mol. The van der Waals surface area contributed by atoms with Gasteiger partial charge in [-0.05, 0) is 24.3 Å². The fourth-order valence-corrected chi connectivity index (χ4v) is 3.79. The molecule has 0 radical (unpaired) electrons. The Hall–Kier alpha value is -2.41. The van der Waals surface area contributed by atoms with Crippen LogP contribution in [0, 0.1) is 5.92 Å². The van der Waals surface area contributed by atoms with Gasteiger partial charge in [0.25, 0.3) is 0 Å². The standard InChI is InChI=1S/C22H31N3O3S/c1-15(2)19(21(26)27)24-22(28)25(12-8-11-17-9-6-5-7-10-17)13-18-14-29-20(23-18)16(3)4/h5-7,9-10,14-16,19H,8,11-13H2,1-4H3,(H,24,28)(H,26,27)/t19-/m0/s1. The highest BCUT2D eigenvalue weighted by Crippen LogP contribution is 2.20. The third kappa shape index (κ3) is 7.16. The quantitative estimate of drug-likeness (QED) is 0.595. The van der Waals surface area contributed by atoms with Crippen molar-refractivity contribution in [3.05, 3.63) is 52.0 Å². The highest BCUT2D eigenvalue weighted by molar-refractivity contribution is 7.09. The van der Waals surface area contributed by atoms with E-state index in [1.54, 1.807) is 30.1 Å². The van der Waals surface area contributed by atoms with Crippen LogP contribution in [0.25, 0.3) is 0 Å². The van der Waals surface area contributed by atoms with Crippen molar-refractivity contribution in [2.24, 2.45) is 5.92 Å². The summed E-state index contributed by atoms with van der Waals surface area (Å²) in [5, 5.41) is 15.1. The van der Waals surface area contributed by atoms with E-state index in [-0.39, 0.29) is 11.9 Å². The zero-order valence-electron chi connectivity index (χ0n) is 17.6. The molecule has 0 fully saturated rings. The second-order valence-corrected chi connectivity index (χ2v) is 8.74. The van der Waals surface area contributed by atoms with Gasteiger partial charge in [0.15, 0.2) is 0 Å². The number of thiazole rings is 1. The highest BCUT2D eigenvalue weighted by Gasteiger charge is 2.26. The van der Waals surface area contributed by atoms with E-state index in [1.807, 2.05) is 23.6 Å². The first-order chi connectivity index (χ1) is 13.8. The number of amides is 2. The van der Waals surface area contributed by atoms with Crippen LogP contribution in [0.1, 0.15) is 56.3 Å². The molecule has 0 aliphatic heterocycles. The number of aliphatic carboxylic acids is 1. The molecule has 2 amide bonds. The van der Waals surface area contributed by atoms with E-state index in [1.165, 1.54) is 5.56 Å². The minimum atomic E-state index is -1.02. The minimum Gasteiger partial charge on any atom is -0.480 e. The van der Waals surface area contributed by atoms with Crippen molar-refractivity contribution in [2.45, 2.75) is 59.0 Å². The summed E-state index contributed by atoms with van der Waals surface area (Å²) in [6, 6.07) is 8.85. The van der Waals surface area contributed by atoms with E-state index >= 15 is 0 Å². The molecule has 0 aliphatic carbocycles. The first-order valence-corrected chi connectivity index (χ1v) is 10.9. The van der Waals surface area contributed by atoms with Crippen molar-refractivity contribution in [2.75, 3.05) is 6.54 Å². The lowest BCUT2D eigenvalue weighted by atomic mass is 10.1. The molecular formula is C22H31N3O3S. The van der Waals surface area contributed by atoms with Gasteiger partial charge in [-0.15, -0.1) is 11.3 Å². The largest absolute Gasteiger partial charge is 0.480 e. The SMILES string of the molecule is CC(C)c1nc(CN(CCCc2ccccc2)C(=O)N[C@H](C(=O)O)C(C)C)cs1. The third-order valence-electron chi connectivity index (χ3n) is 4.65. The molecule has 2 aromatic rings. The van der Waals surface area contributed by atoms with Crippen LogP contribution >= 0.6 is 11.3 Å². The zero-order chi connectivity index (χ0) is 21.4. The first-order valence-electron chi connectivity index (χ1n) is 10.0. The Bertz CT molecular complexity index is 790. The van der Waals surface area contributed by atoms with Gasteiger partial charge in [-0.1, -0.05) is 58.0 Å². The molecule has 1 heterocycles. The molecule has 2 rings (SSSR count). The predicted molar refractivity (Wildman–Crippen MR) is 116 cm³/mol. The molecule has 0 bridgehead atoms. The Kier molecular flexibility index (Phi) is 8.64. The van der Waals surface area contributed by atoms with E-state index in [9.17, 15) is 14.7 Å². The first kappa shape index (κ1) is 22.9. The van der Waals surface area contributed by atoms with E-state index in [0.717, 1.165) is 23.5 Å². The summed E-state index contributed by atoms with van der Waals surface area (Å²) in [6.07, 6.45) is 1.64. The average molecular weight is 418 g/mol. The Morgan fingerprint density at radius 2 is 1.86 bits per heavy atom. The van der Waals surface area contributed by atoms with Crippen LogP contribution in [0.5, 0.6) is 0 Å². The smallest absolute Gasteiger partial charge is 0.326 e. The molecule has 0 aliphatic rings. The molecule has 1 aromatic carbocycles. The van der Waals surface area contributed by atoms with E-state index in [4.69, 9.17) is 0 Å². The number of carbonyl (C=O) groups excluding carboxylic acids is 1. The maximum atomic E-state index is 12.9. The van der Waals surface area contributed by atoms with Crippen LogP contribution < -0.4 is 5.32 Å². The van der Waals surface area contributed by atoms with Crippen molar-refractivity contribution >= 4 is 23.3 Å². The summed E-state index contributed by atoms with van der Waals surface area (Å²) in [4.78, 5) is 30.7. The van der Waals surface area contributed by atoms with Gasteiger partial charge in [0, 0.05) is 17.8 Å². The summed E-state index contributed by atoms with van der Waals surface area (Å²) in [5.41, 5.74) is 2.05. The molecule has 0 saturated heterocycles. The van der Waals surface area contributed by atoms with Gasteiger partial charge in [0.05, 0.1) is 17.2 Å². The van der Waals surface area contributed by atoms with Gasteiger partial charge in [-0.25, -0.2) is 14.6 Å². The summed E-state index contributed by atoms with van der Waals surface area (Å²) >= 11 is 1.59. The molecule has 1 aromatic heterocycles. The lowest BCUT2D eigenvalue weighted by Gasteiger charge is -2.26. The van der Waals surface area contributed by atoms with Crippen LogP contribution in [0.2, 0.25) is 0 Å². The number of hydrogen-bond donors (Lipinski definition) is 2. The fraction of sp³-hybridized carbons (Fsp3) is 0.500. The number of carboxylic acid groups (broad SMARTS) is 1. The lowest BCUT2D eigenvalue weighted by molar-refractivity contribution is -0.140. The predicted octanol–water partition coefficient (Wildman–Crippen LogP) is 4.52. The molecule has 0 spiro atoms. The maximum Gasteiger partial charge on any atom is 0.326 e. The topological polar surface area (TPSA) is 82.5 Å². The Balaban J connectivity index is 2.07. The van der Waals surface area contributed by atoms with Crippen molar-refractivity contribution in [3.8, 4) is 0 Å². The molecule has 158 valence electrons. The number of nitrogens with zero attached hydrogens (tertiary/aromatic N) is 2. The summed E-state index contributed by atoms with van der Waals surface area (Å²) < 4.78 is 0. The van der Waals surface area contributed by atoms with E-state index in [0.29, 0.717) is 19.0 Å². The van der Waals surface area contributed by atoms with Gasteiger partial charge in [-0.3, -0.25) is 0 Å². The number of nitrogens with one attached hydrogen (secondary N) is 1. The Morgan fingerprint density at radius 1 is 1.17 bits per heavy atom. The van der Waals surface area contributed by atoms with E-state index in [2.05, 4.69) is 36.3 Å². The van der Waals surface area contributed by atoms with Crippen LogP contribution in [0.3, 0.4) is 0 Å². The Labute approximate surface area is 177 Å². The van der Waals surface area contributed by atoms with Gasteiger partial charge < -0.3 is 15.3 Å². The summed E-state index contributed by atoms with van der Waals surface area (Å²) in [5.74, 6) is -0.880. The lowest BCUT2D eigenvalue weighted by Crippen LogP contribution is -2.50. The van der Waals surface area contributed by atoms with Crippen LogP contribution in [0.15, 0.2) is 35.7 Å². The van der Waals surface area contributed by atoms with Crippen molar-refractivity contribution < 1.29 is 14.7 Å². The molecule has 29 heavy (non-hydrogen) atoms. The van der Waals surface area contributed by atoms with Crippen molar-refractivity contribution in [1.82, 2.24) is 15.2 Å². The number of benzene rings is 1. The van der Waals surface area contributed by atoms with Crippen LogP contribution in [0.4, 0.5) is 4.79 Å². The number of urea groups is 1. The van der Waals surface area contributed by atoms with Gasteiger partial charge in [0.2, 0.25) is 0 Å². The molecule has 2 N–H and O–H groups in total. The summed E-state index contributed by atoms with van der Waals surface area (Å²) in [6.45, 7) is 8.65. The summed E-state index contributed by atoms with van der Waals surface area (Å²) in [7, 11) is 0. The molecule has 1 atom stereocenters. The fourth-order valence-electron chi connectivity index (χ4n) is 2.96. The number of aryl methyl sites for hydroxylation is 1. The minimum absolute atomic E-state index is 0.200. The molecule has 6 nitrogen and oxygen atoms in total. The second-order valence-electron chi connectivity index (χ2n) is 7.85. The molecule has 0 saturated carbocycles. The number of aromatic nitrogens is 1. The highest BCUT2D eigenvalue weighted by atomic mass is 32.1. The molecule has 0 unspecified atom stereocenters. The number of rotatable bonds is 10. The zero-order valence-corrected chi connectivity index (χ0v) is 18.4. The third-order valence-corrected chi connectivity index (χ3v) is 5.85. The maximum absolute atomic E-state index is 12.9. The van der Waals surface area contributed by atoms with Crippen molar-refractivity contribution in [1.29, 1.82) is 0 Å². The second kappa shape index (κ2) is 11.0. The molecule has 7 heteroatoms. The average Bonchev–Trinajstić information content (AvgIpc) is 3.14. The van der Waals surface area contributed by atoms with E-state index < -0.39 is 12.0 Å². The Morgan fingerprint density at radius 3 is 2.41 bits per heavy atom.